The number of hydrogen-bond donors (Lipinski definition) is 2. The Labute approximate surface area is 61.0 Å². The van der Waals surface area contributed by atoms with E-state index in [9.17, 15) is 3.74 Å². The molecule has 0 aliphatic heterocycles. The van der Waals surface area contributed by atoms with Gasteiger partial charge in [0.15, 0.2) is 0 Å². The van der Waals surface area contributed by atoms with Crippen LogP contribution in [0.5, 0.6) is 0 Å². The van der Waals surface area contributed by atoms with Crippen LogP contribution in [0.3, 0.4) is 0 Å². The molecule has 0 aliphatic carbocycles. The van der Waals surface area contributed by atoms with Gasteiger partial charge < -0.3 is 0 Å². The van der Waals surface area contributed by atoms with E-state index in [4.69, 9.17) is 8.19 Å². The number of hydrogen-bond acceptors (Lipinski definition) is 1. The van der Waals surface area contributed by atoms with E-state index in [0.29, 0.717) is 0 Å². The molecule has 0 aromatic carbocycles. The van der Waals surface area contributed by atoms with Crippen molar-refractivity contribution < 1.29 is 41.5 Å². The van der Waals surface area contributed by atoms with E-state index < -0.39 is 14.2 Å². The molecule has 3 nitrogen and oxygen atoms in total. The molecule has 0 atom stereocenters. The van der Waals surface area contributed by atoms with E-state index in [-0.39, 0.29) is 29.6 Å². The Hall–Kier alpha value is 1.28. The van der Waals surface area contributed by atoms with E-state index in [1.165, 1.54) is 0 Å². The molecular weight excluding hydrogens is 158 g/mol. The maximum Gasteiger partial charge on any atom is 1.00 e. The third-order valence-corrected chi connectivity index (χ3v) is 0. The SMILES string of the molecule is C[As](=O)(O)O.[Na+]. The van der Waals surface area contributed by atoms with Crippen LogP contribution < -0.4 is 29.6 Å². The fourth-order valence-electron chi connectivity index (χ4n) is 0. The summed E-state index contributed by atoms with van der Waals surface area (Å²) < 4.78 is 24.8. The zero-order valence-corrected chi connectivity index (χ0v) is 7.63. The van der Waals surface area contributed by atoms with Crippen LogP contribution >= 0.6 is 0 Å². The van der Waals surface area contributed by atoms with Gasteiger partial charge in [0.25, 0.3) is 0 Å². The molecule has 0 radical (unpaired) electrons. The summed E-state index contributed by atoms with van der Waals surface area (Å²) in [6.07, 6.45) is 0. The van der Waals surface area contributed by atoms with Crippen molar-refractivity contribution in [1.29, 1.82) is 0 Å². The summed E-state index contributed by atoms with van der Waals surface area (Å²) >= 11 is -4.12. The summed E-state index contributed by atoms with van der Waals surface area (Å²) in [6, 6.07) is 0. The van der Waals surface area contributed by atoms with Crippen LogP contribution in [-0.2, 0) is 3.74 Å². The molecule has 0 aromatic rings. The molecule has 6 heavy (non-hydrogen) atoms. The number of rotatable bonds is 0. The van der Waals surface area contributed by atoms with Gasteiger partial charge >= 0.3 is 61.4 Å². The third kappa shape index (κ3) is 59.1. The van der Waals surface area contributed by atoms with Crippen LogP contribution in [0.2, 0.25) is 5.71 Å². The Morgan fingerprint density at radius 2 is 1.50 bits per heavy atom. The van der Waals surface area contributed by atoms with Crippen LogP contribution in [-0.4, -0.2) is 22.4 Å². The van der Waals surface area contributed by atoms with Crippen LogP contribution in [0.15, 0.2) is 0 Å². The minimum absolute atomic E-state index is 0. The molecule has 0 saturated carbocycles. The first-order valence-electron chi connectivity index (χ1n) is 1.03. The van der Waals surface area contributed by atoms with Crippen molar-refractivity contribution in [3.8, 4) is 0 Å². The second kappa shape index (κ2) is 3.30. The van der Waals surface area contributed by atoms with Gasteiger partial charge in [0, 0.05) is 0 Å². The quantitative estimate of drug-likeness (QED) is 0.357. The van der Waals surface area contributed by atoms with E-state index in [0.717, 1.165) is 5.71 Å². The summed E-state index contributed by atoms with van der Waals surface area (Å²) in [4.78, 5) is 0. The van der Waals surface area contributed by atoms with Crippen molar-refractivity contribution in [1.82, 2.24) is 0 Å². The molecule has 0 amide bonds. The topological polar surface area (TPSA) is 57.5 Å². The standard InChI is InChI=1S/CH5AsO3.Na/c1-2(3,4)5;/h1H3,(H2,3,4,5);/q;+1. The molecule has 0 bridgehead atoms. The van der Waals surface area contributed by atoms with Crippen molar-refractivity contribution in [3.05, 3.63) is 0 Å². The van der Waals surface area contributed by atoms with Gasteiger partial charge in [-0.1, -0.05) is 0 Å². The molecule has 2 N–H and O–H groups in total. The van der Waals surface area contributed by atoms with E-state index in [1.807, 2.05) is 0 Å². The maximum atomic E-state index is 9.39. The molecule has 32 valence electrons. The van der Waals surface area contributed by atoms with Gasteiger partial charge in [0.05, 0.1) is 0 Å². The van der Waals surface area contributed by atoms with Crippen LogP contribution in [0.1, 0.15) is 0 Å². The van der Waals surface area contributed by atoms with Crippen molar-refractivity contribution in [2.45, 2.75) is 5.71 Å². The first kappa shape index (κ1) is 10.3. The second-order valence-electron chi connectivity index (χ2n) is 0.835. The molecule has 0 fully saturated rings. The molecular formula is CH5AsNaO3+. The van der Waals surface area contributed by atoms with Gasteiger partial charge in [-0.25, -0.2) is 0 Å². The molecule has 0 heterocycles. The van der Waals surface area contributed by atoms with Crippen LogP contribution in [0.4, 0.5) is 0 Å². The maximum absolute atomic E-state index is 9.39. The van der Waals surface area contributed by atoms with Gasteiger partial charge in [0.2, 0.25) is 0 Å². The minimum Gasteiger partial charge on any atom is 1.00 e. The second-order valence-corrected chi connectivity index (χ2v) is 4.34. The largest absolute Gasteiger partial charge is 1.00 e. The zero-order chi connectivity index (χ0) is 4.50. The molecule has 0 aromatic heterocycles. The third-order valence-electron chi connectivity index (χ3n) is 0. The molecule has 0 spiro atoms. The molecule has 0 unspecified atom stereocenters. The van der Waals surface area contributed by atoms with E-state index >= 15 is 0 Å². The normalized spacial score (nSPS) is 9.83. The van der Waals surface area contributed by atoms with Gasteiger partial charge in [0.1, 0.15) is 0 Å². The Balaban J connectivity index is 0. The van der Waals surface area contributed by atoms with Crippen LogP contribution in [0.25, 0.3) is 0 Å². The van der Waals surface area contributed by atoms with Crippen LogP contribution in [0, 0.1) is 0 Å². The Kier molecular flexibility index (Phi) is 5.67. The molecule has 5 heteroatoms. The van der Waals surface area contributed by atoms with Gasteiger partial charge in [-0.3, -0.25) is 0 Å². The smallest absolute Gasteiger partial charge is 1.00 e. The summed E-state index contributed by atoms with van der Waals surface area (Å²) in [5.74, 6) is 0. The summed E-state index contributed by atoms with van der Waals surface area (Å²) in [5.41, 5.74) is 0.915. The molecule has 0 rings (SSSR count). The van der Waals surface area contributed by atoms with E-state index in [1.54, 1.807) is 0 Å². The minimum atomic E-state index is -4.12. The summed E-state index contributed by atoms with van der Waals surface area (Å²) in [6.45, 7) is 0. The van der Waals surface area contributed by atoms with E-state index in [2.05, 4.69) is 0 Å². The summed E-state index contributed by atoms with van der Waals surface area (Å²) in [7, 11) is 0. The van der Waals surface area contributed by atoms with Gasteiger partial charge in [-0.05, 0) is 0 Å². The molecule has 0 aliphatic rings. The predicted molar refractivity (Wildman–Crippen MR) is 16.7 cm³/mol. The summed E-state index contributed by atoms with van der Waals surface area (Å²) in [5, 5.41) is 0. The fourth-order valence-corrected chi connectivity index (χ4v) is 0. The predicted octanol–water partition coefficient (Wildman–Crippen LogP) is -4.03. The fraction of sp³-hybridized carbons (Fsp3) is 1.00. The van der Waals surface area contributed by atoms with Crippen molar-refractivity contribution in [3.63, 3.8) is 0 Å². The average molecular weight is 163 g/mol. The monoisotopic (exact) mass is 163 g/mol. The molecule has 0 saturated heterocycles. The van der Waals surface area contributed by atoms with Gasteiger partial charge in [-0.15, -0.1) is 0 Å². The Morgan fingerprint density at radius 1 is 1.50 bits per heavy atom. The van der Waals surface area contributed by atoms with Crippen molar-refractivity contribution >= 4 is 14.2 Å². The first-order chi connectivity index (χ1) is 2.00. The average Bonchev–Trinajstić information content (AvgIpc) is 0.722. The Morgan fingerprint density at radius 3 is 1.50 bits per heavy atom. The Bertz CT molecular complexity index is 56.9. The van der Waals surface area contributed by atoms with Crippen molar-refractivity contribution in [2.75, 3.05) is 0 Å². The zero-order valence-electron chi connectivity index (χ0n) is 3.75. The van der Waals surface area contributed by atoms with Gasteiger partial charge in [-0.2, -0.15) is 0 Å². The first-order valence-corrected chi connectivity index (χ1v) is 5.35. The van der Waals surface area contributed by atoms with Crippen molar-refractivity contribution in [2.24, 2.45) is 0 Å².